The van der Waals surface area contributed by atoms with Gasteiger partial charge in [-0.15, -0.1) is 0 Å². The molecule has 170 valence electrons. The Morgan fingerprint density at radius 2 is 1.80 bits per heavy atom. The minimum absolute atomic E-state index is 0.0749. The molecule has 0 bridgehead atoms. The van der Waals surface area contributed by atoms with Gasteiger partial charge in [0.2, 0.25) is 15.9 Å². The van der Waals surface area contributed by atoms with Gasteiger partial charge in [-0.3, -0.25) is 4.79 Å². The van der Waals surface area contributed by atoms with Crippen LogP contribution in [-0.2, 0) is 25.7 Å². The van der Waals surface area contributed by atoms with Crippen LogP contribution in [0.1, 0.15) is 37.7 Å². The van der Waals surface area contributed by atoms with E-state index in [4.69, 9.17) is 9.84 Å². The first-order valence-electron chi connectivity index (χ1n) is 9.70. The van der Waals surface area contributed by atoms with E-state index in [0.29, 0.717) is 25.7 Å². The van der Waals surface area contributed by atoms with Crippen molar-refractivity contribution in [1.82, 2.24) is 9.62 Å². The van der Waals surface area contributed by atoms with Crippen LogP contribution in [0, 0.1) is 0 Å². The fourth-order valence-electron chi connectivity index (χ4n) is 3.36. The zero-order valence-corrected chi connectivity index (χ0v) is 17.5. The van der Waals surface area contributed by atoms with E-state index in [1.807, 2.05) is 0 Å². The SMILES string of the molecule is CN(C1CCC(OCCC(=O)NCCO)CC1)S(=O)(=O)c1ccc(C(F)(F)F)cc1. The molecule has 2 N–H and O–H groups in total. The van der Waals surface area contributed by atoms with Crippen LogP contribution in [0.15, 0.2) is 29.2 Å². The molecule has 1 aliphatic rings. The molecule has 0 heterocycles. The molecule has 0 spiro atoms. The Morgan fingerprint density at radius 1 is 1.20 bits per heavy atom. The maximum Gasteiger partial charge on any atom is 0.416 e. The van der Waals surface area contributed by atoms with Crippen LogP contribution in [0.25, 0.3) is 0 Å². The molecule has 1 amide bonds. The Labute approximate surface area is 174 Å². The zero-order chi connectivity index (χ0) is 22.4. The zero-order valence-electron chi connectivity index (χ0n) is 16.7. The summed E-state index contributed by atoms with van der Waals surface area (Å²) in [5, 5.41) is 11.2. The van der Waals surface area contributed by atoms with Crippen LogP contribution in [0.3, 0.4) is 0 Å². The van der Waals surface area contributed by atoms with Crippen LogP contribution >= 0.6 is 0 Å². The normalized spacial score (nSPS) is 20.3. The summed E-state index contributed by atoms with van der Waals surface area (Å²) >= 11 is 0. The number of carbonyl (C=O) groups is 1. The molecule has 1 aromatic rings. The number of rotatable bonds is 9. The Balaban J connectivity index is 1.85. The van der Waals surface area contributed by atoms with Crippen LogP contribution in [0.4, 0.5) is 13.2 Å². The van der Waals surface area contributed by atoms with Crippen molar-refractivity contribution in [3.8, 4) is 0 Å². The molecule has 0 aromatic heterocycles. The summed E-state index contributed by atoms with van der Waals surface area (Å²) in [7, 11) is -2.47. The molecule has 1 fully saturated rings. The third-order valence-corrected chi connectivity index (χ3v) is 7.06. The Hall–Kier alpha value is -1.69. The van der Waals surface area contributed by atoms with Gasteiger partial charge in [0.05, 0.1) is 29.8 Å². The maximum absolute atomic E-state index is 12.8. The van der Waals surface area contributed by atoms with Crippen molar-refractivity contribution in [3.05, 3.63) is 29.8 Å². The number of nitrogens with one attached hydrogen (secondary N) is 1. The number of benzene rings is 1. The van der Waals surface area contributed by atoms with Crippen LogP contribution in [0.5, 0.6) is 0 Å². The van der Waals surface area contributed by atoms with Crippen molar-refractivity contribution in [2.75, 3.05) is 26.8 Å². The van der Waals surface area contributed by atoms with Crippen molar-refractivity contribution in [2.45, 2.75) is 55.3 Å². The van der Waals surface area contributed by atoms with Gasteiger partial charge < -0.3 is 15.2 Å². The average Bonchev–Trinajstić information content (AvgIpc) is 2.71. The summed E-state index contributed by atoms with van der Waals surface area (Å²) in [6, 6.07) is 3.21. The predicted molar refractivity (Wildman–Crippen MR) is 103 cm³/mol. The summed E-state index contributed by atoms with van der Waals surface area (Å²) in [6.45, 7) is 0.315. The van der Waals surface area contributed by atoms with Crippen LogP contribution in [0.2, 0.25) is 0 Å². The van der Waals surface area contributed by atoms with Crippen LogP contribution in [-0.4, -0.2) is 62.7 Å². The molecule has 0 aliphatic heterocycles. The lowest BCUT2D eigenvalue weighted by Gasteiger charge is -2.34. The summed E-state index contributed by atoms with van der Waals surface area (Å²) in [6.07, 6.45) is -2.07. The summed E-state index contributed by atoms with van der Waals surface area (Å²) in [4.78, 5) is 11.3. The van der Waals surface area contributed by atoms with Gasteiger partial charge in [-0.05, 0) is 49.9 Å². The number of ether oxygens (including phenoxy) is 1. The quantitative estimate of drug-likeness (QED) is 0.599. The number of amides is 1. The molecule has 1 aliphatic carbocycles. The third-order valence-electron chi connectivity index (χ3n) is 5.13. The molecule has 30 heavy (non-hydrogen) atoms. The molecule has 1 aromatic carbocycles. The van der Waals surface area contributed by atoms with Gasteiger partial charge in [0, 0.05) is 26.1 Å². The summed E-state index contributed by atoms with van der Waals surface area (Å²) < 4.78 is 70.5. The monoisotopic (exact) mass is 452 g/mol. The number of aliphatic hydroxyl groups is 1. The Kier molecular flexibility index (Phi) is 8.65. The molecule has 11 heteroatoms. The molecular weight excluding hydrogens is 425 g/mol. The van der Waals surface area contributed by atoms with Crippen molar-refractivity contribution < 1.29 is 36.2 Å². The highest BCUT2D eigenvalue weighted by molar-refractivity contribution is 7.89. The first-order chi connectivity index (χ1) is 14.1. The van der Waals surface area contributed by atoms with E-state index in [1.54, 1.807) is 0 Å². The topological polar surface area (TPSA) is 95.9 Å². The first-order valence-corrected chi connectivity index (χ1v) is 11.1. The smallest absolute Gasteiger partial charge is 0.395 e. The first kappa shape index (κ1) is 24.6. The second kappa shape index (κ2) is 10.6. The van der Waals surface area contributed by atoms with E-state index in [0.717, 1.165) is 24.3 Å². The molecule has 2 rings (SSSR count). The van der Waals surface area contributed by atoms with E-state index in [1.165, 1.54) is 11.4 Å². The average molecular weight is 452 g/mol. The molecule has 0 saturated heterocycles. The fourth-order valence-corrected chi connectivity index (χ4v) is 4.77. The molecule has 0 unspecified atom stereocenters. The Morgan fingerprint density at radius 3 is 2.33 bits per heavy atom. The fraction of sp³-hybridized carbons (Fsp3) is 0.632. The number of hydrogen-bond acceptors (Lipinski definition) is 5. The predicted octanol–water partition coefficient (Wildman–Crippen LogP) is 2.15. The van der Waals surface area contributed by atoms with Gasteiger partial charge in [-0.1, -0.05) is 0 Å². The number of sulfonamides is 1. The van der Waals surface area contributed by atoms with Gasteiger partial charge >= 0.3 is 6.18 Å². The largest absolute Gasteiger partial charge is 0.416 e. The Bertz CT molecular complexity index is 791. The van der Waals surface area contributed by atoms with Gasteiger partial charge in [0.15, 0.2) is 0 Å². The lowest BCUT2D eigenvalue weighted by molar-refractivity contribution is -0.137. The van der Waals surface area contributed by atoms with Crippen molar-refractivity contribution in [3.63, 3.8) is 0 Å². The van der Waals surface area contributed by atoms with Gasteiger partial charge in [0.1, 0.15) is 0 Å². The standard InChI is InChI=1S/C19H27F3N2O5S/c1-24(30(27,28)17-8-2-14(3-9-17)19(20,21)22)15-4-6-16(7-5-15)29-13-10-18(26)23-11-12-25/h2-3,8-9,15-16,25H,4-7,10-13H2,1H3,(H,23,26). The second-order valence-electron chi connectivity index (χ2n) is 7.17. The van der Waals surface area contributed by atoms with E-state index in [-0.39, 0.29) is 49.1 Å². The molecule has 0 radical (unpaired) electrons. The number of aliphatic hydroxyl groups excluding tert-OH is 1. The summed E-state index contributed by atoms with van der Waals surface area (Å²) in [5.74, 6) is -0.208. The molecule has 7 nitrogen and oxygen atoms in total. The second-order valence-corrected chi connectivity index (χ2v) is 9.17. The number of hydrogen-bond donors (Lipinski definition) is 2. The van der Waals surface area contributed by atoms with Gasteiger partial charge in [-0.2, -0.15) is 17.5 Å². The highest BCUT2D eigenvalue weighted by Gasteiger charge is 2.34. The van der Waals surface area contributed by atoms with Crippen molar-refractivity contribution in [2.24, 2.45) is 0 Å². The maximum atomic E-state index is 12.8. The number of alkyl halides is 3. The highest BCUT2D eigenvalue weighted by Crippen LogP contribution is 2.31. The van der Waals surface area contributed by atoms with E-state index in [9.17, 15) is 26.4 Å². The third kappa shape index (κ3) is 6.66. The van der Waals surface area contributed by atoms with E-state index < -0.39 is 21.8 Å². The highest BCUT2D eigenvalue weighted by atomic mass is 32.2. The molecule has 0 atom stereocenters. The van der Waals surface area contributed by atoms with E-state index >= 15 is 0 Å². The lowest BCUT2D eigenvalue weighted by atomic mass is 9.93. The van der Waals surface area contributed by atoms with Crippen molar-refractivity contribution in [1.29, 1.82) is 0 Å². The number of nitrogens with zero attached hydrogens (tertiary/aromatic N) is 1. The van der Waals surface area contributed by atoms with Gasteiger partial charge in [-0.25, -0.2) is 8.42 Å². The van der Waals surface area contributed by atoms with Crippen LogP contribution < -0.4 is 5.32 Å². The minimum atomic E-state index is -4.52. The molecule has 1 saturated carbocycles. The van der Waals surface area contributed by atoms with E-state index in [2.05, 4.69) is 5.32 Å². The van der Waals surface area contributed by atoms with Gasteiger partial charge in [0.25, 0.3) is 0 Å². The summed E-state index contributed by atoms with van der Waals surface area (Å²) in [5.41, 5.74) is -0.896. The number of halogens is 3. The minimum Gasteiger partial charge on any atom is -0.395 e. The number of carbonyl (C=O) groups excluding carboxylic acids is 1. The molecular formula is C19H27F3N2O5S. The van der Waals surface area contributed by atoms with Crippen molar-refractivity contribution >= 4 is 15.9 Å². The lowest BCUT2D eigenvalue weighted by Crippen LogP contribution is -2.40.